The Kier molecular flexibility index (Phi) is 5.33. The minimum Gasteiger partial charge on any atom is -0.480 e. The Balaban J connectivity index is 1.80. The second-order valence-electron chi connectivity index (χ2n) is 5.94. The molecular weight excluding hydrogens is 320 g/mol. The molecule has 0 unspecified atom stereocenters. The molecule has 0 saturated carbocycles. The first-order chi connectivity index (χ1) is 12.2. The standard InChI is InChI=1S/C18H24N4O3/c1-4-25-11-7-14-12-20-16-13(2)21(9-10-22(14)16)18(23)15-6-5-8-19-17(15)24-3/h5-6,8,12-13H,4,7,9-11H2,1-3H3/t13-/m1/s1. The van der Waals surface area contributed by atoms with Gasteiger partial charge in [0.25, 0.3) is 5.91 Å². The Bertz CT molecular complexity index is 744. The van der Waals surface area contributed by atoms with Gasteiger partial charge in [-0.05, 0) is 26.0 Å². The maximum atomic E-state index is 13.0. The normalized spacial score (nSPS) is 16.6. The molecule has 0 spiro atoms. The fourth-order valence-corrected chi connectivity index (χ4v) is 3.23. The van der Waals surface area contributed by atoms with Crippen LogP contribution in [-0.2, 0) is 17.7 Å². The molecular formula is C18H24N4O3. The topological polar surface area (TPSA) is 69.5 Å². The van der Waals surface area contributed by atoms with Crippen LogP contribution in [0.25, 0.3) is 0 Å². The smallest absolute Gasteiger partial charge is 0.260 e. The molecule has 25 heavy (non-hydrogen) atoms. The molecule has 1 aliphatic rings. The van der Waals surface area contributed by atoms with Crippen LogP contribution in [0.15, 0.2) is 24.5 Å². The number of carbonyl (C=O) groups excluding carboxylic acids is 1. The van der Waals surface area contributed by atoms with E-state index in [1.54, 1.807) is 18.3 Å². The lowest BCUT2D eigenvalue weighted by Gasteiger charge is -2.34. The fourth-order valence-electron chi connectivity index (χ4n) is 3.23. The zero-order valence-corrected chi connectivity index (χ0v) is 14.9. The van der Waals surface area contributed by atoms with Crippen molar-refractivity contribution in [2.75, 3.05) is 26.9 Å². The highest BCUT2D eigenvalue weighted by molar-refractivity contribution is 5.96. The van der Waals surface area contributed by atoms with E-state index in [-0.39, 0.29) is 11.9 Å². The molecule has 0 saturated heterocycles. The predicted octanol–water partition coefficient (Wildman–Crippen LogP) is 2.08. The number of ether oxygens (including phenoxy) is 2. The number of hydrogen-bond donors (Lipinski definition) is 0. The Morgan fingerprint density at radius 1 is 1.36 bits per heavy atom. The van der Waals surface area contributed by atoms with Gasteiger partial charge in [-0.1, -0.05) is 0 Å². The summed E-state index contributed by atoms with van der Waals surface area (Å²) >= 11 is 0. The van der Waals surface area contributed by atoms with Crippen molar-refractivity contribution in [1.29, 1.82) is 0 Å². The zero-order valence-electron chi connectivity index (χ0n) is 14.9. The van der Waals surface area contributed by atoms with E-state index in [1.165, 1.54) is 7.11 Å². The van der Waals surface area contributed by atoms with Crippen LogP contribution in [0.5, 0.6) is 5.88 Å². The van der Waals surface area contributed by atoms with Crippen molar-refractivity contribution in [3.8, 4) is 5.88 Å². The first kappa shape index (κ1) is 17.4. The van der Waals surface area contributed by atoms with Gasteiger partial charge in [0.1, 0.15) is 11.4 Å². The quantitative estimate of drug-likeness (QED) is 0.751. The fraction of sp³-hybridized carbons (Fsp3) is 0.500. The van der Waals surface area contributed by atoms with Gasteiger partial charge in [0, 0.05) is 44.2 Å². The first-order valence-corrected chi connectivity index (χ1v) is 8.59. The van der Waals surface area contributed by atoms with Crippen LogP contribution >= 0.6 is 0 Å². The van der Waals surface area contributed by atoms with Gasteiger partial charge in [0.2, 0.25) is 5.88 Å². The van der Waals surface area contributed by atoms with Crippen LogP contribution in [0.4, 0.5) is 0 Å². The summed E-state index contributed by atoms with van der Waals surface area (Å²) in [6, 6.07) is 3.39. The number of fused-ring (bicyclic) bond motifs is 1. The summed E-state index contributed by atoms with van der Waals surface area (Å²) in [4.78, 5) is 23.5. The maximum Gasteiger partial charge on any atom is 0.260 e. The average Bonchev–Trinajstić information content (AvgIpc) is 3.06. The largest absolute Gasteiger partial charge is 0.480 e. The SMILES string of the molecule is CCOCCc1cnc2n1CCN(C(=O)c1cccnc1OC)[C@@H]2C. The zero-order chi connectivity index (χ0) is 17.8. The molecule has 2 aromatic rings. The molecule has 0 aliphatic carbocycles. The molecule has 1 amide bonds. The third kappa shape index (κ3) is 3.37. The van der Waals surface area contributed by atoms with Crippen molar-refractivity contribution in [1.82, 2.24) is 19.4 Å². The Morgan fingerprint density at radius 3 is 2.96 bits per heavy atom. The molecule has 0 fully saturated rings. The van der Waals surface area contributed by atoms with Gasteiger partial charge in [-0.2, -0.15) is 0 Å². The number of nitrogens with zero attached hydrogens (tertiary/aromatic N) is 4. The van der Waals surface area contributed by atoms with Crippen LogP contribution in [0.3, 0.4) is 0 Å². The lowest BCUT2D eigenvalue weighted by molar-refractivity contribution is 0.0631. The van der Waals surface area contributed by atoms with E-state index in [9.17, 15) is 4.79 Å². The highest BCUT2D eigenvalue weighted by Gasteiger charge is 2.32. The van der Waals surface area contributed by atoms with E-state index < -0.39 is 0 Å². The number of aromatic nitrogens is 3. The molecule has 3 heterocycles. The average molecular weight is 344 g/mol. The molecule has 0 bridgehead atoms. The van der Waals surface area contributed by atoms with Crippen molar-refractivity contribution in [3.05, 3.63) is 41.6 Å². The van der Waals surface area contributed by atoms with E-state index >= 15 is 0 Å². The van der Waals surface area contributed by atoms with Crippen LogP contribution < -0.4 is 4.74 Å². The minimum atomic E-state index is -0.105. The van der Waals surface area contributed by atoms with Gasteiger partial charge < -0.3 is 18.9 Å². The van der Waals surface area contributed by atoms with Gasteiger partial charge in [-0.15, -0.1) is 0 Å². The molecule has 7 nitrogen and oxygen atoms in total. The molecule has 0 N–H and O–H groups in total. The maximum absolute atomic E-state index is 13.0. The number of pyridine rings is 1. The van der Waals surface area contributed by atoms with Gasteiger partial charge in [0.05, 0.1) is 19.8 Å². The highest BCUT2D eigenvalue weighted by Crippen LogP contribution is 2.28. The van der Waals surface area contributed by atoms with Crippen molar-refractivity contribution in [2.24, 2.45) is 0 Å². The summed E-state index contributed by atoms with van der Waals surface area (Å²) in [6.45, 7) is 6.76. The molecule has 0 radical (unpaired) electrons. The number of imidazole rings is 1. The molecule has 134 valence electrons. The van der Waals surface area contributed by atoms with E-state index in [2.05, 4.69) is 14.5 Å². The van der Waals surface area contributed by atoms with Gasteiger partial charge in [-0.3, -0.25) is 4.79 Å². The summed E-state index contributed by atoms with van der Waals surface area (Å²) in [6.07, 6.45) is 4.34. The Labute approximate surface area is 147 Å². The Morgan fingerprint density at radius 2 is 2.20 bits per heavy atom. The number of hydrogen-bond acceptors (Lipinski definition) is 5. The van der Waals surface area contributed by atoms with Crippen molar-refractivity contribution in [2.45, 2.75) is 32.9 Å². The molecule has 0 aromatic carbocycles. The summed E-state index contributed by atoms with van der Waals surface area (Å²) < 4.78 is 12.9. The van der Waals surface area contributed by atoms with Crippen molar-refractivity contribution < 1.29 is 14.3 Å². The third-order valence-corrected chi connectivity index (χ3v) is 4.54. The number of carbonyl (C=O) groups is 1. The van der Waals surface area contributed by atoms with Crippen LogP contribution in [0, 0.1) is 0 Å². The Hall–Kier alpha value is -2.41. The monoisotopic (exact) mass is 344 g/mol. The van der Waals surface area contributed by atoms with E-state index in [1.807, 2.05) is 24.9 Å². The van der Waals surface area contributed by atoms with Gasteiger partial charge in [-0.25, -0.2) is 9.97 Å². The molecule has 1 atom stereocenters. The first-order valence-electron chi connectivity index (χ1n) is 8.59. The summed E-state index contributed by atoms with van der Waals surface area (Å²) in [5.41, 5.74) is 1.63. The second-order valence-corrected chi connectivity index (χ2v) is 5.94. The third-order valence-electron chi connectivity index (χ3n) is 4.54. The minimum absolute atomic E-state index is 0.0810. The van der Waals surface area contributed by atoms with Gasteiger partial charge in [0.15, 0.2) is 0 Å². The van der Waals surface area contributed by atoms with Crippen LogP contribution in [-0.4, -0.2) is 52.2 Å². The number of rotatable bonds is 6. The van der Waals surface area contributed by atoms with Crippen molar-refractivity contribution >= 4 is 5.91 Å². The van der Waals surface area contributed by atoms with E-state index in [4.69, 9.17) is 9.47 Å². The second kappa shape index (κ2) is 7.65. The summed E-state index contributed by atoms with van der Waals surface area (Å²) in [5, 5.41) is 0. The lowest BCUT2D eigenvalue weighted by Crippen LogP contribution is -2.41. The predicted molar refractivity (Wildman–Crippen MR) is 92.7 cm³/mol. The van der Waals surface area contributed by atoms with E-state index in [0.717, 1.165) is 24.5 Å². The summed E-state index contributed by atoms with van der Waals surface area (Å²) in [5.74, 6) is 1.18. The van der Waals surface area contributed by atoms with Crippen LogP contribution in [0.2, 0.25) is 0 Å². The number of amides is 1. The molecule has 3 rings (SSSR count). The highest BCUT2D eigenvalue weighted by atomic mass is 16.5. The molecule has 2 aromatic heterocycles. The lowest BCUT2D eigenvalue weighted by atomic mass is 10.1. The van der Waals surface area contributed by atoms with Gasteiger partial charge >= 0.3 is 0 Å². The van der Waals surface area contributed by atoms with E-state index in [0.29, 0.717) is 31.2 Å². The molecule has 7 heteroatoms. The number of methoxy groups -OCH3 is 1. The molecule has 1 aliphatic heterocycles. The summed E-state index contributed by atoms with van der Waals surface area (Å²) in [7, 11) is 1.52. The van der Waals surface area contributed by atoms with Crippen molar-refractivity contribution in [3.63, 3.8) is 0 Å². The van der Waals surface area contributed by atoms with Crippen LogP contribution in [0.1, 0.15) is 41.8 Å².